The minimum atomic E-state index is -0.821. The number of aliphatic carboxylic acids is 2. The first-order chi connectivity index (χ1) is 13.7. The predicted octanol–water partition coefficient (Wildman–Crippen LogP) is 3.62. The zero-order valence-corrected chi connectivity index (χ0v) is 17.9. The van der Waals surface area contributed by atoms with Crippen LogP contribution in [0.5, 0.6) is 0 Å². The number of rotatable bonds is 7. The number of thiol groups is 2. The third-order valence-corrected chi connectivity index (χ3v) is 4.33. The van der Waals surface area contributed by atoms with E-state index in [0.717, 1.165) is 11.1 Å². The van der Waals surface area contributed by atoms with Crippen molar-refractivity contribution in [3.05, 3.63) is 71.8 Å². The van der Waals surface area contributed by atoms with E-state index in [1.54, 1.807) is 0 Å². The molecule has 0 amide bonds. The number of aliphatic hydroxyl groups excluding tert-OH is 2. The molecule has 8 heteroatoms. The minimum Gasteiger partial charge on any atom is -0.481 e. The zero-order chi connectivity index (χ0) is 22.2. The Hall–Kier alpha value is -2.00. The van der Waals surface area contributed by atoms with Crippen LogP contribution in [0, 0.1) is 0 Å². The Balaban J connectivity index is 0.000000442. The smallest absolute Gasteiger partial charge is 0.304 e. The molecule has 0 aliphatic heterocycles. The second-order valence-electron chi connectivity index (χ2n) is 6.08. The van der Waals surface area contributed by atoms with Crippen LogP contribution in [0.4, 0.5) is 0 Å². The van der Waals surface area contributed by atoms with Gasteiger partial charge in [0.1, 0.15) is 0 Å². The molecule has 160 valence electrons. The van der Waals surface area contributed by atoms with Gasteiger partial charge in [-0.2, -0.15) is 25.3 Å². The molecule has 0 heterocycles. The number of carbonyl (C=O) groups is 2. The molecule has 0 saturated heterocycles. The number of aliphatic hydroxyl groups is 2. The van der Waals surface area contributed by atoms with Crippen LogP contribution in [0.1, 0.15) is 41.4 Å². The molecule has 2 aromatic carbocycles. The van der Waals surface area contributed by atoms with Crippen molar-refractivity contribution in [2.45, 2.75) is 36.4 Å². The Morgan fingerprint density at radius 1 is 0.793 bits per heavy atom. The van der Waals surface area contributed by atoms with Gasteiger partial charge in [0, 0.05) is 10.5 Å². The highest BCUT2D eigenvalue weighted by atomic mass is 32.1. The lowest BCUT2D eigenvalue weighted by Gasteiger charge is -2.06. The van der Waals surface area contributed by atoms with Gasteiger partial charge >= 0.3 is 11.9 Å². The van der Waals surface area contributed by atoms with E-state index >= 15 is 0 Å². The maximum Gasteiger partial charge on any atom is 0.304 e. The first-order valence-corrected chi connectivity index (χ1v) is 9.89. The fourth-order valence-electron chi connectivity index (χ4n) is 1.92. The van der Waals surface area contributed by atoms with Gasteiger partial charge in [-0.1, -0.05) is 60.7 Å². The molecule has 0 fully saturated rings. The van der Waals surface area contributed by atoms with E-state index in [1.807, 2.05) is 60.7 Å². The largest absolute Gasteiger partial charge is 0.481 e. The lowest BCUT2D eigenvalue weighted by Crippen LogP contribution is -2.03. The topological polar surface area (TPSA) is 115 Å². The molecule has 4 N–H and O–H groups in total. The summed E-state index contributed by atoms with van der Waals surface area (Å²) in [5, 5.41) is 32.6. The maximum atomic E-state index is 10.3. The van der Waals surface area contributed by atoms with Crippen molar-refractivity contribution >= 4 is 37.2 Å². The van der Waals surface area contributed by atoms with Gasteiger partial charge in [0.05, 0.1) is 25.6 Å². The number of carboxylic acid groups (broad SMARTS) is 2. The Morgan fingerprint density at radius 3 is 1.28 bits per heavy atom. The van der Waals surface area contributed by atoms with Crippen LogP contribution < -0.4 is 0 Å². The van der Waals surface area contributed by atoms with Gasteiger partial charge in [0.2, 0.25) is 0 Å². The van der Waals surface area contributed by atoms with Crippen molar-refractivity contribution in [2.24, 2.45) is 0 Å². The highest BCUT2D eigenvalue weighted by Crippen LogP contribution is 2.23. The summed E-state index contributed by atoms with van der Waals surface area (Å²) in [4.78, 5) is 20.7. The third kappa shape index (κ3) is 14.6. The zero-order valence-electron chi connectivity index (χ0n) is 16.1. The van der Waals surface area contributed by atoms with Gasteiger partial charge in [0.15, 0.2) is 0 Å². The molecule has 29 heavy (non-hydrogen) atoms. The molecule has 2 aromatic rings. The van der Waals surface area contributed by atoms with E-state index in [4.69, 9.17) is 20.4 Å². The standard InChI is InChI=1S/2C9H10O2S.C3H8O2/c2*10-9(11)6-8(12)7-4-2-1-3-5-7;1-3(5)2-4/h2*1-5,8,12H,6H2,(H,10,11);3-5H,2H2,1H3. The van der Waals surface area contributed by atoms with Crippen molar-refractivity contribution in [1.82, 2.24) is 0 Å². The van der Waals surface area contributed by atoms with Gasteiger partial charge in [-0.05, 0) is 18.1 Å². The Morgan fingerprint density at radius 2 is 1.07 bits per heavy atom. The molecule has 0 bridgehead atoms. The molecule has 0 aliphatic rings. The highest BCUT2D eigenvalue weighted by molar-refractivity contribution is 7.80. The summed E-state index contributed by atoms with van der Waals surface area (Å²) in [6.45, 7) is 1.39. The molecular weight excluding hydrogens is 412 g/mol. The summed E-state index contributed by atoms with van der Waals surface area (Å²) in [7, 11) is 0. The molecular formula is C21H28O6S2. The van der Waals surface area contributed by atoms with Crippen molar-refractivity contribution in [2.75, 3.05) is 6.61 Å². The number of benzene rings is 2. The molecule has 3 atom stereocenters. The molecule has 3 unspecified atom stereocenters. The SMILES string of the molecule is CC(O)CO.O=C(O)CC(S)c1ccccc1.O=C(O)CC(S)c1ccccc1. The summed E-state index contributed by atoms with van der Waals surface area (Å²) < 4.78 is 0. The number of hydrogen-bond acceptors (Lipinski definition) is 6. The normalized spacial score (nSPS) is 12.9. The van der Waals surface area contributed by atoms with Gasteiger partial charge in [-0.3, -0.25) is 9.59 Å². The molecule has 2 rings (SSSR count). The highest BCUT2D eigenvalue weighted by Gasteiger charge is 2.10. The van der Waals surface area contributed by atoms with E-state index in [9.17, 15) is 9.59 Å². The molecule has 0 saturated carbocycles. The van der Waals surface area contributed by atoms with Crippen LogP contribution in [0.25, 0.3) is 0 Å². The number of hydrogen-bond donors (Lipinski definition) is 6. The first-order valence-electron chi connectivity index (χ1n) is 8.85. The van der Waals surface area contributed by atoms with E-state index in [0.29, 0.717) is 0 Å². The fourth-order valence-corrected chi connectivity index (χ4v) is 2.57. The van der Waals surface area contributed by atoms with Crippen molar-refractivity contribution in [1.29, 1.82) is 0 Å². The van der Waals surface area contributed by atoms with Crippen LogP contribution >= 0.6 is 25.3 Å². The molecule has 0 radical (unpaired) electrons. The van der Waals surface area contributed by atoms with Crippen LogP contribution in [0.3, 0.4) is 0 Å². The van der Waals surface area contributed by atoms with Crippen LogP contribution in [-0.4, -0.2) is 45.1 Å². The van der Waals surface area contributed by atoms with Crippen LogP contribution in [-0.2, 0) is 9.59 Å². The summed E-state index contributed by atoms with van der Waals surface area (Å²) in [5.41, 5.74) is 1.89. The van der Waals surface area contributed by atoms with Crippen LogP contribution in [0.2, 0.25) is 0 Å². The summed E-state index contributed by atoms with van der Waals surface area (Å²) in [6, 6.07) is 18.8. The molecule has 0 aliphatic carbocycles. The van der Waals surface area contributed by atoms with Crippen molar-refractivity contribution in [3.8, 4) is 0 Å². The number of carboxylic acids is 2. The quantitative estimate of drug-likeness (QED) is 0.367. The van der Waals surface area contributed by atoms with Gasteiger partial charge in [-0.15, -0.1) is 0 Å². The average Bonchev–Trinajstić information content (AvgIpc) is 2.69. The van der Waals surface area contributed by atoms with Gasteiger partial charge in [0.25, 0.3) is 0 Å². The third-order valence-electron chi connectivity index (χ3n) is 3.37. The summed E-state index contributed by atoms with van der Waals surface area (Å²) in [5.74, 6) is -1.64. The Kier molecular flexibility index (Phi) is 14.8. The summed E-state index contributed by atoms with van der Waals surface area (Å²) in [6.07, 6.45) is -0.435. The van der Waals surface area contributed by atoms with E-state index < -0.39 is 18.0 Å². The minimum absolute atomic E-state index is 0.0626. The molecule has 0 spiro atoms. The monoisotopic (exact) mass is 440 g/mol. The summed E-state index contributed by atoms with van der Waals surface area (Å²) >= 11 is 8.36. The second kappa shape index (κ2) is 15.9. The second-order valence-corrected chi connectivity index (χ2v) is 7.33. The Bertz CT molecular complexity index is 637. The van der Waals surface area contributed by atoms with Crippen molar-refractivity contribution in [3.63, 3.8) is 0 Å². The fraction of sp³-hybridized carbons (Fsp3) is 0.333. The van der Waals surface area contributed by atoms with Crippen LogP contribution in [0.15, 0.2) is 60.7 Å². The average molecular weight is 441 g/mol. The van der Waals surface area contributed by atoms with E-state index in [1.165, 1.54) is 6.92 Å². The molecule has 6 nitrogen and oxygen atoms in total. The van der Waals surface area contributed by atoms with E-state index in [2.05, 4.69) is 25.3 Å². The van der Waals surface area contributed by atoms with Crippen molar-refractivity contribution < 1.29 is 30.0 Å². The van der Waals surface area contributed by atoms with Gasteiger partial charge in [-0.25, -0.2) is 0 Å². The molecule has 0 aromatic heterocycles. The van der Waals surface area contributed by atoms with Gasteiger partial charge < -0.3 is 20.4 Å². The predicted molar refractivity (Wildman–Crippen MR) is 120 cm³/mol. The first kappa shape index (κ1) is 27.0. The van der Waals surface area contributed by atoms with E-state index in [-0.39, 0.29) is 29.9 Å². The lowest BCUT2D eigenvalue weighted by molar-refractivity contribution is -0.138. The maximum absolute atomic E-state index is 10.3. The lowest BCUT2D eigenvalue weighted by atomic mass is 10.1. The Labute approximate surface area is 182 Å².